The van der Waals surface area contributed by atoms with E-state index in [2.05, 4.69) is 4.98 Å². The maximum Gasteiger partial charge on any atom is 0.417 e. The molecule has 0 amide bonds. The number of halogens is 4. The van der Waals surface area contributed by atoms with Crippen molar-refractivity contribution in [3.63, 3.8) is 0 Å². The maximum absolute atomic E-state index is 13.2. The molecule has 0 atom stereocenters. The van der Waals surface area contributed by atoms with Crippen LogP contribution in [0.5, 0.6) is 0 Å². The van der Waals surface area contributed by atoms with E-state index in [0.717, 1.165) is 23.4 Å². The first-order valence-electron chi connectivity index (χ1n) is 9.25. The normalized spacial score (nSPS) is 12.3. The summed E-state index contributed by atoms with van der Waals surface area (Å²) in [6.45, 7) is 5.43. The van der Waals surface area contributed by atoms with Gasteiger partial charge in [-0.1, -0.05) is 55.3 Å². The molecule has 0 unspecified atom stereocenters. The average molecular weight is 437 g/mol. The Hall–Kier alpha value is -2.80. The molecule has 0 N–H and O–H groups in total. The van der Waals surface area contributed by atoms with E-state index in [0.29, 0.717) is 11.4 Å². The van der Waals surface area contributed by atoms with Gasteiger partial charge >= 0.3 is 12.1 Å². The highest BCUT2D eigenvalue weighted by atomic mass is 35.5. The Morgan fingerprint density at radius 1 is 1.27 bits per heavy atom. The Bertz CT molecular complexity index is 1100. The molecular formula is C22H20ClF3N2O2. The summed E-state index contributed by atoms with van der Waals surface area (Å²) in [6.07, 6.45) is -0.758. The third-order valence-corrected chi connectivity index (χ3v) is 4.80. The fourth-order valence-electron chi connectivity index (χ4n) is 2.96. The van der Waals surface area contributed by atoms with E-state index >= 15 is 0 Å². The van der Waals surface area contributed by atoms with Crippen LogP contribution < -0.4 is 0 Å². The molecule has 3 aromatic rings. The zero-order valence-corrected chi connectivity index (χ0v) is 17.4. The van der Waals surface area contributed by atoms with Crippen LogP contribution in [-0.2, 0) is 22.3 Å². The van der Waals surface area contributed by atoms with Crippen LogP contribution in [0.2, 0.25) is 5.02 Å². The van der Waals surface area contributed by atoms with Crippen LogP contribution in [0.15, 0.2) is 42.6 Å². The highest BCUT2D eigenvalue weighted by Crippen LogP contribution is 2.34. The van der Waals surface area contributed by atoms with Crippen molar-refractivity contribution in [2.45, 2.75) is 39.5 Å². The van der Waals surface area contributed by atoms with Gasteiger partial charge in [-0.25, -0.2) is 9.78 Å². The molecule has 0 aliphatic heterocycles. The van der Waals surface area contributed by atoms with Crippen LogP contribution in [-0.4, -0.2) is 15.4 Å². The minimum atomic E-state index is -4.56. The standard InChI is InChI=1S/C22H20ClF3N2O2/c1-13(2)20-18(12-30-19(29)9-8-15-6-4-14(3)5-7-15)28-11-16(22(24,25)26)10-17(23)21(28)27-20/h4-11,13H,12H2,1-3H3/b9-8+. The molecule has 1 aromatic carbocycles. The van der Waals surface area contributed by atoms with Crippen molar-refractivity contribution in [1.29, 1.82) is 0 Å². The summed E-state index contributed by atoms with van der Waals surface area (Å²) in [4.78, 5) is 16.5. The third kappa shape index (κ3) is 4.84. The molecule has 2 aromatic heterocycles. The number of esters is 1. The molecule has 0 saturated heterocycles. The fraction of sp³-hybridized carbons (Fsp3) is 0.273. The van der Waals surface area contributed by atoms with E-state index in [1.165, 1.54) is 10.5 Å². The van der Waals surface area contributed by atoms with Crippen LogP contribution in [0.1, 0.15) is 47.8 Å². The lowest BCUT2D eigenvalue weighted by molar-refractivity contribution is -0.139. The van der Waals surface area contributed by atoms with Gasteiger partial charge in [-0.2, -0.15) is 13.2 Å². The van der Waals surface area contributed by atoms with Gasteiger partial charge in [-0.15, -0.1) is 0 Å². The number of rotatable bonds is 5. The first-order chi connectivity index (χ1) is 14.1. The van der Waals surface area contributed by atoms with Crippen molar-refractivity contribution in [2.24, 2.45) is 0 Å². The van der Waals surface area contributed by atoms with Gasteiger partial charge in [0.15, 0.2) is 5.65 Å². The highest BCUT2D eigenvalue weighted by Gasteiger charge is 2.32. The number of carbonyl (C=O) groups excluding carboxylic acids is 1. The van der Waals surface area contributed by atoms with Gasteiger partial charge in [0.2, 0.25) is 0 Å². The number of hydrogen-bond donors (Lipinski definition) is 0. The predicted octanol–water partition coefficient (Wildman–Crippen LogP) is 6.19. The molecule has 158 valence electrons. The molecular weight excluding hydrogens is 417 g/mol. The third-order valence-electron chi connectivity index (χ3n) is 4.52. The minimum absolute atomic E-state index is 0.105. The summed E-state index contributed by atoms with van der Waals surface area (Å²) >= 11 is 6.05. The Morgan fingerprint density at radius 3 is 2.53 bits per heavy atom. The summed E-state index contributed by atoms with van der Waals surface area (Å²) < 4.78 is 46.2. The molecule has 3 rings (SSSR count). The number of aryl methyl sites for hydroxylation is 1. The summed E-state index contributed by atoms with van der Waals surface area (Å²) in [5.41, 5.74) is 2.09. The lowest BCUT2D eigenvalue weighted by atomic mass is 10.1. The van der Waals surface area contributed by atoms with Gasteiger partial charge in [-0.3, -0.25) is 4.40 Å². The van der Waals surface area contributed by atoms with Crippen LogP contribution in [0, 0.1) is 6.92 Å². The van der Waals surface area contributed by atoms with Crippen molar-refractivity contribution in [3.05, 3.63) is 75.7 Å². The lowest BCUT2D eigenvalue weighted by Gasteiger charge is -2.11. The van der Waals surface area contributed by atoms with Crippen LogP contribution in [0.25, 0.3) is 11.7 Å². The van der Waals surface area contributed by atoms with E-state index in [1.807, 2.05) is 45.0 Å². The predicted molar refractivity (Wildman–Crippen MR) is 109 cm³/mol. The molecule has 0 aliphatic rings. The number of hydrogen-bond acceptors (Lipinski definition) is 3. The average Bonchev–Trinajstić information content (AvgIpc) is 3.05. The largest absolute Gasteiger partial charge is 0.456 e. The van der Waals surface area contributed by atoms with Crippen molar-refractivity contribution in [1.82, 2.24) is 9.38 Å². The monoisotopic (exact) mass is 436 g/mol. The number of imidazole rings is 1. The molecule has 2 heterocycles. The Labute approximate surface area is 176 Å². The number of benzene rings is 1. The number of nitrogens with zero attached hydrogens (tertiary/aromatic N) is 2. The van der Waals surface area contributed by atoms with E-state index in [9.17, 15) is 18.0 Å². The smallest absolute Gasteiger partial charge is 0.417 e. The van der Waals surface area contributed by atoms with Crippen molar-refractivity contribution < 1.29 is 22.7 Å². The van der Waals surface area contributed by atoms with E-state index in [1.54, 1.807) is 6.08 Å². The van der Waals surface area contributed by atoms with Gasteiger partial charge in [0, 0.05) is 12.3 Å². The molecule has 0 bridgehead atoms. The second-order valence-corrected chi connectivity index (χ2v) is 7.63. The molecule has 0 radical (unpaired) electrons. The molecule has 30 heavy (non-hydrogen) atoms. The van der Waals surface area contributed by atoms with Crippen LogP contribution >= 0.6 is 11.6 Å². The van der Waals surface area contributed by atoms with Gasteiger partial charge in [0.25, 0.3) is 0 Å². The van der Waals surface area contributed by atoms with Crippen LogP contribution in [0.4, 0.5) is 13.2 Å². The minimum Gasteiger partial charge on any atom is -0.456 e. The first kappa shape index (κ1) is 21.9. The number of fused-ring (bicyclic) bond motifs is 1. The van der Waals surface area contributed by atoms with Crippen molar-refractivity contribution >= 4 is 29.3 Å². The number of alkyl halides is 3. The topological polar surface area (TPSA) is 43.6 Å². The summed E-state index contributed by atoms with van der Waals surface area (Å²) in [5.74, 6) is -0.717. The quantitative estimate of drug-likeness (QED) is 0.353. The second kappa shape index (κ2) is 8.52. The molecule has 8 heteroatoms. The number of carbonyl (C=O) groups is 1. The van der Waals surface area contributed by atoms with E-state index < -0.39 is 17.7 Å². The highest BCUT2D eigenvalue weighted by molar-refractivity contribution is 6.33. The maximum atomic E-state index is 13.2. The van der Waals surface area contributed by atoms with Crippen LogP contribution in [0.3, 0.4) is 0 Å². The number of aromatic nitrogens is 2. The first-order valence-corrected chi connectivity index (χ1v) is 9.63. The lowest BCUT2D eigenvalue weighted by Crippen LogP contribution is -2.09. The molecule has 4 nitrogen and oxygen atoms in total. The SMILES string of the molecule is Cc1ccc(/C=C/C(=O)OCc2c(C(C)C)nc3c(Cl)cc(C(F)(F)F)cn23)cc1. The van der Waals surface area contributed by atoms with Crippen molar-refractivity contribution in [3.8, 4) is 0 Å². The van der Waals surface area contributed by atoms with Gasteiger partial charge in [0.05, 0.1) is 22.0 Å². The molecule has 0 saturated carbocycles. The Kier molecular flexibility index (Phi) is 6.22. The van der Waals surface area contributed by atoms with Gasteiger partial charge in [0.1, 0.15) is 6.61 Å². The molecule has 0 spiro atoms. The summed E-state index contributed by atoms with van der Waals surface area (Å²) in [5, 5.41) is -0.122. The van der Waals surface area contributed by atoms with Crippen molar-refractivity contribution in [2.75, 3.05) is 0 Å². The van der Waals surface area contributed by atoms with E-state index in [-0.39, 0.29) is 23.2 Å². The number of pyridine rings is 1. The zero-order chi connectivity index (χ0) is 22.1. The fourth-order valence-corrected chi connectivity index (χ4v) is 3.21. The second-order valence-electron chi connectivity index (χ2n) is 7.22. The Balaban J connectivity index is 1.88. The number of ether oxygens (including phenoxy) is 1. The Morgan fingerprint density at radius 2 is 1.93 bits per heavy atom. The van der Waals surface area contributed by atoms with E-state index in [4.69, 9.17) is 16.3 Å². The van der Waals surface area contributed by atoms with Gasteiger partial charge < -0.3 is 4.74 Å². The van der Waals surface area contributed by atoms with Gasteiger partial charge in [-0.05, 0) is 30.5 Å². The molecule has 0 fully saturated rings. The summed E-state index contributed by atoms with van der Waals surface area (Å²) in [7, 11) is 0. The summed E-state index contributed by atoms with van der Waals surface area (Å²) in [6, 6.07) is 8.40. The zero-order valence-electron chi connectivity index (χ0n) is 16.6. The molecule has 0 aliphatic carbocycles.